The van der Waals surface area contributed by atoms with E-state index in [2.05, 4.69) is 15.5 Å². The standard InChI is InChI=1S/C15H17N3O3/c1-20-12-4-2-3-11(9-12)15-18-17-13(21-15)7-8-16-14(19)10-5-6-10/h2-4,9-10H,5-8H2,1H3,(H,16,19). The van der Waals surface area contributed by atoms with Gasteiger partial charge in [-0.2, -0.15) is 0 Å². The lowest BCUT2D eigenvalue weighted by Gasteiger charge is -2.01. The predicted octanol–water partition coefficient (Wildman–Crippen LogP) is 1.81. The largest absolute Gasteiger partial charge is 0.497 e. The summed E-state index contributed by atoms with van der Waals surface area (Å²) in [5.74, 6) is 2.06. The molecule has 1 aromatic carbocycles. The van der Waals surface area contributed by atoms with Gasteiger partial charge in [0.1, 0.15) is 5.75 Å². The molecule has 1 amide bonds. The lowest BCUT2D eigenvalue weighted by molar-refractivity contribution is -0.122. The summed E-state index contributed by atoms with van der Waals surface area (Å²) in [5, 5.41) is 10.9. The van der Waals surface area contributed by atoms with Crippen molar-refractivity contribution in [1.82, 2.24) is 15.5 Å². The van der Waals surface area contributed by atoms with Crippen LogP contribution >= 0.6 is 0 Å². The molecule has 2 aromatic rings. The minimum Gasteiger partial charge on any atom is -0.497 e. The van der Waals surface area contributed by atoms with Crippen molar-refractivity contribution in [2.45, 2.75) is 19.3 Å². The van der Waals surface area contributed by atoms with Crippen LogP contribution in [-0.2, 0) is 11.2 Å². The highest BCUT2D eigenvalue weighted by Crippen LogP contribution is 2.28. The van der Waals surface area contributed by atoms with Gasteiger partial charge in [-0.15, -0.1) is 10.2 Å². The number of ether oxygens (including phenoxy) is 1. The second-order valence-electron chi connectivity index (χ2n) is 5.05. The Labute approximate surface area is 122 Å². The Balaban J connectivity index is 1.58. The molecule has 1 N–H and O–H groups in total. The molecule has 0 spiro atoms. The van der Waals surface area contributed by atoms with E-state index in [0.29, 0.717) is 24.7 Å². The van der Waals surface area contributed by atoms with Crippen molar-refractivity contribution in [2.75, 3.05) is 13.7 Å². The van der Waals surface area contributed by atoms with Crippen LogP contribution in [0.4, 0.5) is 0 Å². The number of benzene rings is 1. The number of hydrogen-bond acceptors (Lipinski definition) is 5. The molecule has 3 rings (SSSR count). The summed E-state index contributed by atoms with van der Waals surface area (Å²) in [5.41, 5.74) is 0.815. The second-order valence-corrected chi connectivity index (χ2v) is 5.05. The second kappa shape index (κ2) is 5.95. The van der Waals surface area contributed by atoms with Gasteiger partial charge in [-0.05, 0) is 31.0 Å². The first-order chi connectivity index (χ1) is 10.3. The Bertz CT molecular complexity index is 635. The van der Waals surface area contributed by atoms with Gasteiger partial charge < -0.3 is 14.5 Å². The number of aromatic nitrogens is 2. The first-order valence-electron chi connectivity index (χ1n) is 7.01. The maximum Gasteiger partial charge on any atom is 0.247 e. The summed E-state index contributed by atoms with van der Waals surface area (Å²) < 4.78 is 10.8. The van der Waals surface area contributed by atoms with Crippen LogP contribution in [0.2, 0.25) is 0 Å². The van der Waals surface area contributed by atoms with Crippen LogP contribution < -0.4 is 10.1 Å². The van der Waals surface area contributed by atoms with Gasteiger partial charge in [-0.3, -0.25) is 4.79 Å². The summed E-state index contributed by atoms with van der Waals surface area (Å²) >= 11 is 0. The van der Waals surface area contributed by atoms with Crippen molar-refractivity contribution in [2.24, 2.45) is 5.92 Å². The van der Waals surface area contributed by atoms with Gasteiger partial charge in [-0.1, -0.05) is 6.07 Å². The van der Waals surface area contributed by atoms with Crippen molar-refractivity contribution in [1.29, 1.82) is 0 Å². The summed E-state index contributed by atoms with van der Waals surface area (Å²) in [6, 6.07) is 7.45. The number of carbonyl (C=O) groups is 1. The summed E-state index contributed by atoms with van der Waals surface area (Å²) in [6.07, 6.45) is 2.55. The molecule has 6 nitrogen and oxygen atoms in total. The zero-order valence-electron chi connectivity index (χ0n) is 11.8. The van der Waals surface area contributed by atoms with E-state index in [1.165, 1.54) is 0 Å². The minimum atomic E-state index is 0.127. The molecule has 1 fully saturated rings. The molecule has 0 radical (unpaired) electrons. The quantitative estimate of drug-likeness (QED) is 0.876. The Morgan fingerprint density at radius 2 is 2.29 bits per heavy atom. The van der Waals surface area contributed by atoms with E-state index in [1.54, 1.807) is 7.11 Å². The van der Waals surface area contributed by atoms with E-state index in [9.17, 15) is 4.79 Å². The molecule has 0 saturated heterocycles. The van der Waals surface area contributed by atoms with Crippen molar-refractivity contribution >= 4 is 5.91 Å². The first kappa shape index (κ1) is 13.6. The average Bonchev–Trinajstić information content (AvgIpc) is 3.27. The van der Waals surface area contributed by atoms with Crippen molar-refractivity contribution in [3.05, 3.63) is 30.2 Å². The van der Waals surface area contributed by atoms with Gasteiger partial charge in [-0.25, -0.2) is 0 Å². The minimum absolute atomic E-state index is 0.127. The SMILES string of the molecule is COc1cccc(-c2nnc(CCNC(=O)C3CC3)o2)c1. The molecule has 6 heteroatoms. The highest BCUT2D eigenvalue weighted by atomic mass is 16.5. The normalized spacial score (nSPS) is 14.0. The van der Waals surface area contributed by atoms with Gasteiger partial charge in [0.2, 0.25) is 17.7 Å². The number of carbonyl (C=O) groups excluding carboxylic acids is 1. The number of nitrogens with zero attached hydrogens (tertiary/aromatic N) is 2. The maximum atomic E-state index is 11.5. The lowest BCUT2D eigenvalue weighted by Crippen LogP contribution is -2.26. The monoisotopic (exact) mass is 287 g/mol. The van der Waals surface area contributed by atoms with E-state index < -0.39 is 0 Å². The van der Waals surface area contributed by atoms with Crippen molar-refractivity contribution in [3.63, 3.8) is 0 Å². The average molecular weight is 287 g/mol. The maximum absolute atomic E-state index is 11.5. The molecule has 1 heterocycles. The van der Waals surface area contributed by atoms with Crippen molar-refractivity contribution in [3.8, 4) is 17.2 Å². The molecule has 0 unspecified atom stereocenters. The smallest absolute Gasteiger partial charge is 0.247 e. The van der Waals surface area contributed by atoms with Gasteiger partial charge in [0, 0.05) is 24.4 Å². The van der Waals surface area contributed by atoms with E-state index in [4.69, 9.17) is 9.15 Å². The van der Waals surface area contributed by atoms with Gasteiger partial charge in [0.25, 0.3) is 0 Å². The van der Waals surface area contributed by atoms with Gasteiger partial charge >= 0.3 is 0 Å². The molecular weight excluding hydrogens is 270 g/mol. The van der Waals surface area contributed by atoms with Crippen LogP contribution in [0.15, 0.2) is 28.7 Å². The third-order valence-electron chi connectivity index (χ3n) is 3.37. The van der Waals surface area contributed by atoms with Gasteiger partial charge in [0.15, 0.2) is 0 Å². The lowest BCUT2D eigenvalue weighted by atomic mass is 10.2. The van der Waals surface area contributed by atoms with E-state index >= 15 is 0 Å². The molecule has 1 aliphatic rings. The number of hydrogen-bond donors (Lipinski definition) is 1. The number of amides is 1. The van der Waals surface area contributed by atoms with Crippen LogP contribution in [0, 0.1) is 5.92 Å². The number of methoxy groups -OCH3 is 1. The first-order valence-corrected chi connectivity index (χ1v) is 7.01. The molecule has 110 valence electrons. The van der Waals surface area contributed by atoms with Crippen LogP contribution in [0.1, 0.15) is 18.7 Å². The zero-order valence-corrected chi connectivity index (χ0v) is 11.8. The van der Waals surface area contributed by atoms with E-state index in [1.807, 2.05) is 24.3 Å². The fourth-order valence-electron chi connectivity index (χ4n) is 2.01. The molecule has 1 aliphatic carbocycles. The fraction of sp³-hybridized carbons (Fsp3) is 0.400. The van der Waals surface area contributed by atoms with Crippen molar-refractivity contribution < 1.29 is 13.9 Å². The Morgan fingerprint density at radius 3 is 3.05 bits per heavy atom. The van der Waals surface area contributed by atoms with Crippen LogP contribution in [0.3, 0.4) is 0 Å². The van der Waals surface area contributed by atoms with Crippen LogP contribution in [0.25, 0.3) is 11.5 Å². The highest BCUT2D eigenvalue weighted by molar-refractivity contribution is 5.80. The predicted molar refractivity (Wildman–Crippen MR) is 75.7 cm³/mol. The molecule has 1 saturated carbocycles. The number of rotatable bonds is 6. The van der Waals surface area contributed by atoms with Crippen LogP contribution in [-0.4, -0.2) is 29.8 Å². The third-order valence-corrected chi connectivity index (χ3v) is 3.37. The van der Waals surface area contributed by atoms with Gasteiger partial charge in [0.05, 0.1) is 7.11 Å². The molecular formula is C15H17N3O3. The van der Waals surface area contributed by atoms with Crippen LogP contribution in [0.5, 0.6) is 5.75 Å². The Hall–Kier alpha value is -2.37. The molecule has 0 atom stereocenters. The Kier molecular flexibility index (Phi) is 3.85. The molecule has 21 heavy (non-hydrogen) atoms. The highest BCUT2D eigenvalue weighted by Gasteiger charge is 2.29. The summed E-state index contributed by atoms with van der Waals surface area (Å²) in [6.45, 7) is 0.523. The van der Waals surface area contributed by atoms with E-state index in [-0.39, 0.29) is 11.8 Å². The Morgan fingerprint density at radius 1 is 1.43 bits per heavy atom. The fourth-order valence-corrected chi connectivity index (χ4v) is 2.01. The molecule has 0 bridgehead atoms. The third kappa shape index (κ3) is 3.39. The molecule has 0 aliphatic heterocycles. The zero-order chi connectivity index (χ0) is 14.7. The van der Waals surface area contributed by atoms with E-state index in [0.717, 1.165) is 24.2 Å². The summed E-state index contributed by atoms with van der Waals surface area (Å²) in [7, 11) is 1.61. The number of nitrogens with one attached hydrogen (secondary N) is 1. The molecule has 1 aromatic heterocycles. The topological polar surface area (TPSA) is 77.3 Å². The summed E-state index contributed by atoms with van der Waals surface area (Å²) in [4.78, 5) is 11.5.